The predicted octanol–water partition coefficient (Wildman–Crippen LogP) is 1.31. The van der Waals surface area contributed by atoms with Gasteiger partial charge in [0.15, 0.2) is 11.6 Å². The number of aromatic hydroxyl groups is 1. The third kappa shape index (κ3) is 1.54. The first-order valence-electron chi connectivity index (χ1n) is 2.85. The first-order chi connectivity index (χ1) is 5.11. The van der Waals surface area contributed by atoms with Crippen molar-refractivity contribution in [3.05, 3.63) is 17.8 Å². The van der Waals surface area contributed by atoms with Crippen LogP contribution >= 0.6 is 0 Å². The number of pyridine rings is 1. The maximum atomic E-state index is 11.9. The van der Waals surface area contributed by atoms with Crippen molar-refractivity contribution in [3.63, 3.8) is 0 Å². The maximum Gasteiger partial charge on any atom is 0.280 e. The minimum Gasteiger partial charge on any atom is -0.504 e. The topological polar surface area (TPSA) is 59.1 Å². The Bertz CT molecular complexity index is 265. The van der Waals surface area contributed by atoms with Crippen molar-refractivity contribution in [2.24, 2.45) is 0 Å². The maximum absolute atomic E-state index is 11.9. The summed E-state index contributed by atoms with van der Waals surface area (Å²) in [6, 6.07) is 2.11. The number of hydrogen-bond acceptors (Lipinski definition) is 3. The number of nitrogens with two attached hydrogens (primary N) is 1. The lowest BCUT2D eigenvalue weighted by atomic mass is 10.3. The van der Waals surface area contributed by atoms with Crippen LogP contribution < -0.4 is 5.73 Å². The first-order valence-corrected chi connectivity index (χ1v) is 2.85. The molecule has 0 atom stereocenters. The molecule has 3 nitrogen and oxygen atoms in total. The van der Waals surface area contributed by atoms with Crippen LogP contribution in [-0.4, -0.2) is 10.1 Å². The van der Waals surface area contributed by atoms with E-state index < -0.39 is 12.1 Å². The van der Waals surface area contributed by atoms with E-state index in [4.69, 9.17) is 10.8 Å². The van der Waals surface area contributed by atoms with Crippen LogP contribution in [0.1, 0.15) is 12.1 Å². The molecule has 0 aliphatic rings. The Balaban J connectivity index is 3.05. The quantitative estimate of drug-likeness (QED) is 0.651. The molecule has 3 N–H and O–H groups in total. The number of alkyl halides is 2. The fourth-order valence-corrected chi connectivity index (χ4v) is 0.605. The van der Waals surface area contributed by atoms with Crippen LogP contribution in [0.25, 0.3) is 0 Å². The summed E-state index contributed by atoms with van der Waals surface area (Å²) in [5.74, 6) is -0.558. The van der Waals surface area contributed by atoms with Crippen LogP contribution in [0.3, 0.4) is 0 Å². The van der Waals surface area contributed by atoms with Gasteiger partial charge in [-0.05, 0) is 12.1 Å². The number of rotatable bonds is 1. The summed E-state index contributed by atoms with van der Waals surface area (Å²) < 4.78 is 23.8. The molecule has 0 saturated heterocycles. The van der Waals surface area contributed by atoms with E-state index in [0.29, 0.717) is 0 Å². The summed E-state index contributed by atoms with van der Waals surface area (Å²) in [5.41, 5.74) is 4.63. The first kappa shape index (κ1) is 7.71. The average molecular weight is 160 g/mol. The van der Waals surface area contributed by atoms with E-state index in [2.05, 4.69) is 4.98 Å². The number of nitrogens with zero attached hydrogens (tertiary/aromatic N) is 1. The lowest BCUT2D eigenvalue weighted by Crippen LogP contribution is -1.95. The number of aromatic nitrogens is 1. The largest absolute Gasteiger partial charge is 0.504 e. The third-order valence-corrected chi connectivity index (χ3v) is 1.15. The van der Waals surface area contributed by atoms with Crippen molar-refractivity contribution in [1.29, 1.82) is 0 Å². The molecule has 60 valence electrons. The van der Waals surface area contributed by atoms with Crippen molar-refractivity contribution in [2.45, 2.75) is 6.43 Å². The van der Waals surface area contributed by atoms with Crippen LogP contribution in [0.2, 0.25) is 0 Å². The van der Waals surface area contributed by atoms with Gasteiger partial charge in [0, 0.05) is 0 Å². The SMILES string of the molecule is Nc1nc(C(F)F)ccc1O. The van der Waals surface area contributed by atoms with Crippen LogP contribution in [0.4, 0.5) is 14.6 Å². The summed E-state index contributed by atoms with van der Waals surface area (Å²) in [6.07, 6.45) is -2.65. The molecule has 0 aromatic carbocycles. The van der Waals surface area contributed by atoms with E-state index in [1.807, 2.05) is 0 Å². The van der Waals surface area contributed by atoms with Crippen LogP contribution in [-0.2, 0) is 0 Å². The van der Waals surface area contributed by atoms with Crippen molar-refractivity contribution in [2.75, 3.05) is 5.73 Å². The smallest absolute Gasteiger partial charge is 0.280 e. The highest BCUT2D eigenvalue weighted by Crippen LogP contribution is 2.22. The highest BCUT2D eigenvalue weighted by atomic mass is 19.3. The number of hydrogen-bond donors (Lipinski definition) is 2. The lowest BCUT2D eigenvalue weighted by molar-refractivity contribution is 0.146. The molecule has 0 unspecified atom stereocenters. The third-order valence-electron chi connectivity index (χ3n) is 1.15. The Morgan fingerprint density at radius 2 is 2.09 bits per heavy atom. The fourth-order valence-electron chi connectivity index (χ4n) is 0.605. The Morgan fingerprint density at radius 1 is 1.45 bits per heavy atom. The number of nitrogen functional groups attached to an aromatic ring is 1. The van der Waals surface area contributed by atoms with Gasteiger partial charge in [0.05, 0.1) is 0 Å². The molecule has 0 aliphatic carbocycles. The van der Waals surface area contributed by atoms with Crippen LogP contribution in [0.5, 0.6) is 5.75 Å². The Morgan fingerprint density at radius 3 is 2.55 bits per heavy atom. The molecule has 1 rings (SSSR count). The summed E-state index contributed by atoms with van der Waals surface area (Å²) in [7, 11) is 0. The van der Waals surface area contributed by atoms with Gasteiger partial charge in [-0.3, -0.25) is 0 Å². The highest BCUT2D eigenvalue weighted by molar-refractivity contribution is 5.45. The molecule has 0 saturated carbocycles. The molecule has 0 aliphatic heterocycles. The second-order valence-corrected chi connectivity index (χ2v) is 1.94. The minimum atomic E-state index is -2.65. The summed E-state index contributed by atoms with van der Waals surface area (Å²) in [4.78, 5) is 3.25. The normalized spacial score (nSPS) is 10.5. The molecule has 0 radical (unpaired) electrons. The average Bonchev–Trinajstić information content (AvgIpc) is 1.94. The highest BCUT2D eigenvalue weighted by Gasteiger charge is 2.09. The molecular formula is C6H6F2N2O. The Hall–Kier alpha value is -1.39. The molecule has 1 aromatic heterocycles. The summed E-state index contributed by atoms with van der Waals surface area (Å²) in [6.45, 7) is 0. The van der Waals surface area contributed by atoms with Gasteiger partial charge in [0.1, 0.15) is 5.69 Å². The van der Waals surface area contributed by atoms with Gasteiger partial charge in [-0.25, -0.2) is 13.8 Å². The van der Waals surface area contributed by atoms with E-state index in [9.17, 15) is 8.78 Å². The molecule has 0 bridgehead atoms. The van der Waals surface area contributed by atoms with Gasteiger partial charge in [0.25, 0.3) is 6.43 Å². The van der Waals surface area contributed by atoms with E-state index in [1.165, 1.54) is 0 Å². The van der Waals surface area contributed by atoms with Gasteiger partial charge in [-0.15, -0.1) is 0 Å². The van der Waals surface area contributed by atoms with Crippen LogP contribution in [0.15, 0.2) is 12.1 Å². The lowest BCUT2D eigenvalue weighted by Gasteiger charge is -2.00. The van der Waals surface area contributed by atoms with Gasteiger partial charge in [-0.2, -0.15) is 0 Å². The molecule has 5 heteroatoms. The van der Waals surface area contributed by atoms with Gasteiger partial charge < -0.3 is 10.8 Å². The Kier molecular flexibility index (Phi) is 1.89. The van der Waals surface area contributed by atoms with E-state index in [1.54, 1.807) is 0 Å². The van der Waals surface area contributed by atoms with Crippen molar-refractivity contribution in [1.82, 2.24) is 4.98 Å². The van der Waals surface area contributed by atoms with Gasteiger partial charge >= 0.3 is 0 Å². The standard InChI is InChI=1S/C6H6F2N2O/c7-5(8)3-1-2-4(11)6(9)10-3/h1-2,5,11H,(H2,9,10). The number of anilines is 1. The predicted molar refractivity (Wildman–Crippen MR) is 35.3 cm³/mol. The number of halogens is 2. The second kappa shape index (κ2) is 2.69. The Labute approximate surface area is 61.5 Å². The molecule has 1 aromatic rings. The van der Waals surface area contributed by atoms with E-state index in [-0.39, 0.29) is 11.6 Å². The summed E-state index contributed by atoms with van der Waals surface area (Å²) >= 11 is 0. The molecular weight excluding hydrogens is 154 g/mol. The second-order valence-electron chi connectivity index (χ2n) is 1.94. The van der Waals surface area contributed by atoms with Gasteiger partial charge in [0.2, 0.25) is 0 Å². The monoisotopic (exact) mass is 160 g/mol. The molecule has 0 fully saturated rings. The van der Waals surface area contributed by atoms with Gasteiger partial charge in [-0.1, -0.05) is 0 Å². The molecule has 0 spiro atoms. The molecule has 0 amide bonds. The summed E-state index contributed by atoms with van der Waals surface area (Å²) in [5, 5.41) is 8.79. The van der Waals surface area contributed by atoms with Crippen molar-refractivity contribution in [3.8, 4) is 5.75 Å². The minimum absolute atomic E-state index is 0.275. The van der Waals surface area contributed by atoms with E-state index >= 15 is 0 Å². The van der Waals surface area contributed by atoms with Crippen molar-refractivity contribution >= 4 is 5.82 Å². The molecule has 1 heterocycles. The fraction of sp³-hybridized carbons (Fsp3) is 0.167. The molecule has 11 heavy (non-hydrogen) atoms. The zero-order chi connectivity index (χ0) is 8.43. The zero-order valence-electron chi connectivity index (χ0n) is 5.46. The van der Waals surface area contributed by atoms with E-state index in [0.717, 1.165) is 12.1 Å². The zero-order valence-corrected chi connectivity index (χ0v) is 5.46. The van der Waals surface area contributed by atoms with Crippen LogP contribution in [0, 0.1) is 0 Å². The van der Waals surface area contributed by atoms with Crippen molar-refractivity contribution < 1.29 is 13.9 Å².